The van der Waals surface area contributed by atoms with E-state index in [0.717, 1.165) is 25.9 Å². The summed E-state index contributed by atoms with van der Waals surface area (Å²) in [5.41, 5.74) is 0. The van der Waals surface area contributed by atoms with Crippen molar-refractivity contribution in [3.63, 3.8) is 0 Å². The first-order valence-electron chi connectivity index (χ1n) is 7.42. The highest BCUT2D eigenvalue weighted by molar-refractivity contribution is 5.80. The molecule has 0 saturated carbocycles. The second-order valence-electron chi connectivity index (χ2n) is 5.74. The topological polar surface area (TPSA) is 72.9 Å². The van der Waals surface area contributed by atoms with Crippen molar-refractivity contribution in [3.05, 3.63) is 0 Å². The first-order chi connectivity index (χ1) is 9.43. The van der Waals surface area contributed by atoms with Gasteiger partial charge < -0.3 is 20.2 Å². The standard InChI is InChI=1S/C14H27N3O3/c1-4-6-17(10-13(18)19)14(20)15-8-12-5-7-16(9-12)11(2)3/h11-12H,4-10H2,1-3H3,(H,15,20)(H,18,19). The lowest BCUT2D eigenvalue weighted by atomic mass is 10.1. The van der Waals surface area contributed by atoms with Crippen molar-refractivity contribution in [1.29, 1.82) is 0 Å². The highest BCUT2D eigenvalue weighted by Crippen LogP contribution is 2.17. The van der Waals surface area contributed by atoms with Gasteiger partial charge in [-0.05, 0) is 39.2 Å². The summed E-state index contributed by atoms with van der Waals surface area (Å²) in [5, 5.41) is 11.7. The second-order valence-corrected chi connectivity index (χ2v) is 5.74. The van der Waals surface area contributed by atoms with Gasteiger partial charge in [-0.2, -0.15) is 0 Å². The molecule has 1 heterocycles. The van der Waals surface area contributed by atoms with Crippen molar-refractivity contribution in [2.45, 2.75) is 39.7 Å². The average Bonchev–Trinajstić information content (AvgIpc) is 2.84. The Kier molecular flexibility index (Phi) is 6.78. The number of carboxylic acid groups (broad SMARTS) is 1. The monoisotopic (exact) mass is 285 g/mol. The normalized spacial score (nSPS) is 19.3. The van der Waals surface area contributed by atoms with E-state index in [-0.39, 0.29) is 12.6 Å². The molecule has 1 aliphatic rings. The van der Waals surface area contributed by atoms with E-state index < -0.39 is 5.97 Å². The van der Waals surface area contributed by atoms with Gasteiger partial charge >= 0.3 is 12.0 Å². The van der Waals surface area contributed by atoms with Crippen LogP contribution in [-0.2, 0) is 4.79 Å². The van der Waals surface area contributed by atoms with E-state index in [9.17, 15) is 9.59 Å². The van der Waals surface area contributed by atoms with Crippen molar-refractivity contribution in [1.82, 2.24) is 15.1 Å². The quantitative estimate of drug-likeness (QED) is 0.738. The molecule has 6 heteroatoms. The van der Waals surface area contributed by atoms with Crippen LogP contribution in [0.5, 0.6) is 0 Å². The number of likely N-dealkylation sites (tertiary alicyclic amines) is 1. The molecule has 0 aliphatic carbocycles. The lowest BCUT2D eigenvalue weighted by Gasteiger charge is -2.22. The minimum atomic E-state index is -0.972. The highest BCUT2D eigenvalue weighted by atomic mass is 16.4. The molecule has 2 amide bonds. The molecule has 1 rings (SSSR count). The van der Waals surface area contributed by atoms with E-state index in [1.54, 1.807) is 0 Å². The van der Waals surface area contributed by atoms with E-state index in [4.69, 9.17) is 5.11 Å². The summed E-state index contributed by atoms with van der Waals surface area (Å²) >= 11 is 0. The number of carboxylic acids is 1. The number of amides is 2. The van der Waals surface area contributed by atoms with Gasteiger partial charge in [0.1, 0.15) is 6.54 Å². The van der Waals surface area contributed by atoms with Crippen LogP contribution < -0.4 is 5.32 Å². The SMILES string of the molecule is CCCN(CC(=O)O)C(=O)NCC1CCN(C(C)C)C1. The zero-order chi connectivity index (χ0) is 15.1. The fraction of sp³-hybridized carbons (Fsp3) is 0.857. The number of carbonyl (C=O) groups excluding carboxylic acids is 1. The van der Waals surface area contributed by atoms with Gasteiger partial charge in [0.2, 0.25) is 0 Å². The summed E-state index contributed by atoms with van der Waals surface area (Å²) in [7, 11) is 0. The fourth-order valence-corrected chi connectivity index (χ4v) is 2.53. The number of hydrogen-bond donors (Lipinski definition) is 2. The zero-order valence-electron chi connectivity index (χ0n) is 12.8. The summed E-state index contributed by atoms with van der Waals surface area (Å²) in [6.45, 7) is 9.23. The van der Waals surface area contributed by atoms with Gasteiger partial charge in [0.15, 0.2) is 0 Å². The highest BCUT2D eigenvalue weighted by Gasteiger charge is 2.25. The van der Waals surface area contributed by atoms with Crippen LogP contribution in [0.4, 0.5) is 4.79 Å². The Labute approximate surface area is 121 Å². The predicted octanol–water partition coefficient (Wildman–Crippen LogP) is 1.22. The lowest BCUT2D eigenvalue weighted by Crippen LogP contribution is -2.44. The largest absolute Gasteiger partial charge is 0.480 e. The smallest absolute Gasteiger partial charge is 0.323 e. The van der Waals surface area contributed by atoms with Crippen molar-refractivity contribution in [2.24, 2.45) is 5.92 Å². The first-order valence-corrected chi connectivity index (χ1v) is 7.42. The van der Waals surface area contributed by atoms with Crippen LogP contribution in [0.25, 0.3) is 0 Å². The molecular formula is C14H27N3O3. The number of hydrogen-bond acceptors (Lipinski definition) is 3. The Morgan fingerprint density at radius 1 is 1.45 bits per heavy atom. The fourth-order valence-electron chi connectivity index (χ4n) is 2.53. The molecule has 0 radical (unpaired) electrons. The molecule has 20 heavy (non-hydrogen) atoms. The Morgan fingerprint density at radius 2 is 2.15 bits per heavy atom. The maximum absolute atomic E-state index is 12.0. The summed E-state index contributed by atoms with van der Waals surface area (Å²) in [5.74, 6) is -0.505. The average molecular weight is 285 g/mol. The van der Waals surface area contributed by atoms with Crippen LogP contribution in [0.1, 0.15) is 33.6 Å². The molecular weight excluding hydrogens is 258 g/mol. The molecule has 1 unspecified atom stereocenters. The number of nitrogens with one attached hydrogen (secondary N) is 1. The maximum Gasteiger partial charge on any atom is 0.323 e. The van der Waals surface area contributed by atoms with E-state index >= 15 is 0 Å². The van der Waals surface area contributed by atoms with Gasteiger partial charge in [-0.15, -0.1) is 0 Å². The van der Waals surface area contributed by atoms with Crippen LogP contribution in [-0.4, -0.2) is 65.7 Å². The second kappa shape index (κ2) is 8.09. The number of rotatable bonds is 7. The molecule has 6 nitrogen and oxygen atoms in total. The number of nitrogens with zero attached hydrogens (tertiary/aromatic N) is 2. The Hall–Kier alpha value is -1.30. The maximum atomic E-state index is 12.0. The van der Waals surface area contributed by atoms with Crippen LogP contribution in [0.2, 0.25) is 0 Å². The molecule has 116 valence electrons. The van der Waals surface area contributed by atoms with Gasteiger partial charge in [-0.3, -0.25) is 4.79 Å². The number of carbonyl (C=O) groups is 2. The molecule has 2 N–H and O–H groups in total. The molecule has 0 spiro atoms. The van der Waals surface area contributed by atoms with Crippen LogP contribution in [0.15, 0.2) is 0 Å². The molecule has 1 saturated heterocycles. The zero-order valence-corrected chi connectivity index (χ0v) is 12.8. The van der Waals surface area contributed by atoms with Gasteiger partial charge in [0, 0.05) is 25.7 Å². The van der Waals surface area contributed by atoms with E-state index in [1.807, 2.05) is 6.92 Å². The third-order valence-electron chi connectivity index (χ3n) is 3.70. The van der Waals surface area contributed by atoms with Gasteiger partial charge in [-0.25, -0.2) is 4.79 Å². The van der Waals surface area contributed by atoms with Gasteiger partial charge in [-0.1, -0.05) is 6.92 Å². The minimum absolute atomic E-state index is 0.234. The van der Waals surface area contributed by atoms with Crippen molar-refractivity contribution >= 4 is 12.0 Å². The minimum Gasteiger partial charge on any atom is -0.480 e. The van der Waals surface area contributed by atoms with Crippen molar-refractivity contribution in [3.8, 4) is 0 Å². The predicted molar refractivity (Wildman–Crippen MR) is 77.7 cm³/mol. The molecule has 0 aromatic rings. The Morgan fingerprint density at radius 3 is 2.65 bits per heavy atom. The summed E-state index contributed by atoms with van der Waals surface area (Å²) in [6.07, 6.45) is 1.84. The number of urea groups is 1. The van der Waals surface area contributed by atoms with Crippen LogP contribution in [0, 0.1) is 5.92 Å². The lowest BCUT2D eigenvalue weighted by molar-refractivity contribution is -0.137. The van der Waals surface area contributed by atoms with Crippen molar-refractivity contribution in [2.75, 3.05) is 32.7 Å². The van der Waals surface area contributed by atoms with Crippen molar-refractivity contribution < 1.29 is 14.7 Å². The van der Waals surface area contributed by atoms with Crippen LogP contribution >= 0.6 is 0 Å². The molecule has 1 aliphatic heterocycles. The summed E-state index contributed by atoms with van der Waals surface area (Å²) < 4.78 is 0. The molecule has 1 atom stereocenters. The van der Waals surface area contributed by atoms with E-state index in [1.165, 1.54) is 4.90 Å². The Bertz CT molecular complexity index is 334. The molecule has 0 aromatic carbocycles. The van der Waals surface area contributed by atoms with Gasteiger partial charge in [0.05, 0.1) is 0 Å². The summed E-state index contributed by atoms with van der Waals surface area (Å²) in [6, 6.07) is 0.275. The third-order valence-corrected chi connectivity index (χ3v) is 3.70. The molecule has 0 aromatic heterocycles. The number of aliphatic carboxylic acids is 1. The van der Waals surface area contributed by atoms with Crippen LogP contribution in [0.3, 0.4) is 0 Å². The molecule has 1 fully saturated rings. The summed E-state index contributed by atoms with van der Waals surface area (Å²) in [4.78, 5) is 26.5. The Balaban J connectivity index is 2.36. The third kappa shape index (κ3) is 5.36. The van der Waals surface area contributed by atoms with E-state index in [0.29, 0.717) is 25.0 Å². The molecule has 0 bridgehead atoms. The van der Waals surface area contributed by atoms with Gasteiger partial charge in [0.25, 0.3) is 0 Å². The van der Waals surface area contributed by atoms with E-state index in [2.05, 4.69) is 24.1 Å². The first kappa shape index (κ1) is 16.8.